The molecular formula is C15H12BrCl2N5O3. The summed E-state index contributed by atoms with van der Waals surface area (Å²) < 4.78 is 3.82. The average molecular weight is 461 g/mol. The molecule has 1 aromatic carbocycles. The van der Waals surface area contributed by atoms with Gasteiger partial charge in [0.1, 0.15) is 6.54 Å². The van der Waals surface area contributed by atoms with Gasteiger partial charge in [-0.3, -0.25) is 18.7 Å². The fourth-order valence-corrected chi connectivity index (χ4v) is 3.40. The number of hydrogen-bond donors (Lipinski definition) is 1. The molecule has 136 valence electrons. The normalized spacial score (nSPS) is 11.2. The van der Waals surface area contributed by atoms with Gasteiger partial charge >= 0.3 is 5.69 Å². The summed E-state index contributed by atoms with van der Waals surface area (Å²) in [5, 5.41) is 0.686. The first-order valence-electron chi connectivity index (χ1n) is 7.28. The molecule has 2 N–H and O–H groups in total. The summed E-state index contributed by atoms with van der Waals surface area (Å²) in [6.07, 6.45) is 0. The fourth-order valence-electron chi connectivity index (χ4n) is 2.61. The third kappa shape index (κ3) is 3.17. The molecule has 3 aromatic rings. The molecule has 0 aliphatic carbocycles. The summed E-state index contributed by atoms with van der Waals surface area (Å²) in [4.78, 5) is 41.0. The molecule has 0 spiro atoms. The minimum Gasteiger partial charge on any atom is -0.368 e. The number of hydrogen-bond acceptors (Lipinski definition) is 4. The summed E-state index contributed by atoms with van der Waals surface area (Å²) >= 11 is 15.1. The third-order valence-electron chi connectivity index (χ3n) is 3.82. The Bertz CT molecular complexity index is 1160. The number of fused-ring (bicyclic) bond motifs is 1. The predicted molar refractivity (Wildman–Crippen MR) is 102 cm³/mol. The van der Waals surface area contributed by atoms with Crippen molar-refractivity contribution >= 4 is 56.2 Å². The molecule has 0 aliphatic rings. The number of imidazole rings is 1. The van der Waals surface area contributed by atoms with Crippen LogP contribution in [-0.4, -0.2) is 24.6 Å². The highest BCUT2D eigenvalue weighted by Gasteiger charge is 2.20. The maximum atomic E-state index is 12.9. The van der Waals surface area contributed by atoms with Gasteiger partial charge in [-0.2, -0.15) is 0 Å². The topological polar surface area (TPSA) is 105 Å². The number of nitrogens with zero attached hydrogens (tertiary/aromatic N) is 4. The van der Waals surface area contributed by atoms with Crippen LogP contribution in [0.15, 0.2) is 32.5 Å². The Labute approximate surface area is 164 Å². The SMILES string of the molecule is Cn1c(=O)n(Cc2ccc(Cl)c(Cl)c2)c(=O)c2c1nc(Br)n2CC(N)=O. The Morgan fingerprint density at radius 2 is 1.92 bits per heavy atom. The van der Waals surface area contributed by atoms with Crippen LogP contribution < -0.4 is 17.0 Å². The van der Waals surface area contributed by atoms with E-state index in [4.69, 9.17) is 28.9 Å². The van der Waals surface area contributed by atoms with Crippen LogP contribution in [0.1, 0.15) is 5.56 Å². The van der Waals surface area contributed by atoms with Gasteiger partial charge in [0.25, 0.3) is 5.56 Å². The molecule has 26 heavy (non-hydrogen) atoms. The zero-order valence-corrected chi connectivity index (χ0v) is 16.5. The lowest BCUT2D eigenvalue weighted by Gasteiger charge is -2.10. The fraction of sp³-hybridized carbons (Fsp3) is 0.200. The zero-order chi connectivity index (χ0) is 19.2. The standard InChI is InChI=1S/C15H12BrCl2N5O3/c1-21-12-11(22(6-10(19)24)14(16)20-12)13(25)23(15(21)26)5-7-2-3-8(17)9(18)4-7/h2-4H,5-6H2,1H3,(H2,19,24). The van der Waals surface area contributed by atoms with Gasteiger partial charge < -0.3 is 10.3 Å². The molecule has 0 aliphatic heterocycles. The highest BCUT2D eigenvalue weighted by Crippen LogP contribution is 2.23. The van der Waals surface area contributed by atoms with Gasteiger partial charge in [0.05, 0.1) is 16.6 Å². The molecule has 2 heterocycles. The predicted octanol–water partition coefficient (Wildman–Crippen LogP) is 1.50. The summed E-state index contributed by atoms with van der Waals surface area (Å²) in [6.45, 7) is -0.269. The van der Waals surface area contributed by atoms with Crippen LogP contribution in [0.25, 0.3) is 11.2 Å². The number of amides is 1. The molecule has 0 radical (unpaired) electrons. The number of aromatic nitrogens is 4. The molecule has 0 atom stereocenters. The van der Waals surface area contributed by atoms with E-state index in [1.165, 1.54) is 16.2 Å². The number of halogens is 3. The number of primary amides is 1. The minimum absolute atomic E-state index is 0.0162. The molecule has 0 unspecified atom stereocenters. The average Bonchev–Trinajstić information content (AvgIpc) is 2.89. The van der Waals surface area contributed by atoms with E-state index < -0.39 is 17.2 Å². The van der Waals surface area contributed by atoms with Crippen molar-refractivity contribution in [3.63, 3.8) is 0 Å². The van der Waals surface area contributed by atoms with E-state index in [0.717, 1.165) is 4.57 Å². The van der Waals surface area contributed by atoms with Gasteiger partial charge in [0.15, 0.2) is 15.9 Å². The van der Waals surface area contributed by atoms with Crippen molar-refractivity contribution in [3.8, 4) is 0 Å². The molecule has 0 fully saturated rings. The van der Waals surface area contributed by atoms with Gasteiger partial charge in [0, 0.05) is 7.05 Å². The molecule has 0 saturated carbocycles. The van der Waals surface area contributed by atoms with Crippen molar-refractivity contribution in [1.29, 1.82) is 0 Å². The van der Waals surface area contributed by atoms with Crippen LogP contribution in [0, 0.1) is 0 Å². The second-order valence-corrected chi connectivity index (χ2v) is 7.11. The molecule has 2 aromatic heterocycles. The number of carbonyl (C=O) groups excluding carboxylic acids is 1. The van der Waals surface area contributed by atoms with Gasteiger partial charge in [0.2, 0.25) is 5.91 Å². The number of carbonyl (C=O) groups is 1. The summed E-state index contributed by atoms with van der Waals surface area (Å²) in [5.41, 5.74) is 4.97. The van der Waals surface area contributed by atoms with Crippen LogP contribution in [0.3, 0.4) is 0 Å². The zero-order valence-electron chi connectivity index (χ0n) is 13.4. The summed E-state index contributed by atoms with van der Waals surface area (Å²) in [5.74, 6) is -0.644. The summed E-state index contributed by atoms with van der Waals surface area (Å²) in [6, 6.07) is 4.83. The van der Waals surface area contributed by atoms with E-state index >= 15 is 0 Å². The Morgan fingerprint density at radius 3 is 2.54 bits per heavy atom. The molecular weight excluding hydrogens is 449 g/mol. The summed E-state index contributed by atoms with van der Waals surface area (Å²) in [7, 11) is 1.49. The van der Waals surface area contributed by atoms with E-state index in [0.29, 0.717) is 15.6 Å². The maximum Gasteiger partial charge on any atom is 0.332 e. The molecule has 11 heteroatoms. The van der Waals surface area contributed by atoms with E-state index in [-0.39, 0.29) is 29.0 Å². The van der Waals surface area contributed by atoms with Crippen molar-refractivity contribution in [2.75, 3.05) is 0 Å². The van der Waals surface area contributed by atoms with Gasteiger partial charge in [-0.15, -0.1) is 0 Å². The van der Waals surface area contributed by atoms with Gasteiger partial charge in [-0.05, 0) is 33.6 Å². The van der Waals surface area contributed by atoms with Gasteiger partial charge in [-0.25, -0.2) is 9.78 Å². The van der Waals surface area contributed by atoms with Crippen LogP contribution >= 0.6 is 39.1 Å². The molecule has 8 nitrogen and oxygen atoms in total. The highest BCUT2D eigenvalue weighted by atomic mass is 79.9. The van der Waals surface area contributed by atoms with Crippen molar-refractivity contribution in [1.82, 2.24) is 18.7 Å². The third-order valence-corrected chi connectivity index (χ3v) is 5.17. The highest BCUT2D eigenvalue weighted by molar-refractivity contribution is 9.10. The maximum absolute atomic E-state index is 12.9. The second-order valence-electron chi connectivity index (χ2n) is 5.59. The first-order valence-corrected chi connectivity index (χ1v) is 8.83. The number of benzene rings is 1. The lowest BCUT2D eigenvalue weighted by atomic mass is 10.2. The number of nitrogens with two attached hydrogens (primary N) is 1. The number of aryl methyl sites for hydroxylation is 1. The Morgan fingerprint density at radius 1 is 1.23 bits per heavy atom. The minimum atomic E-state index is -0.644. The van der Waals surface area contributed by atoms with Crippen LogP contribution in [0.5, 0.6) is 0 Å². The first-order chi connectivity index (χ1) is 12.2. The van der Waals surface area contributed by atoms with Crippen LogP contribution in [0.4, 0.5) is 0 Å². The van der Waals surface area contributed by atoms with E-state index in [2.05, 4.69) is 20.9 Å². The molecule has 0 bridgehead atoms. The first kappa shape index (κ1) is 18.7. The van der Waals surface area contributed by atoms with Crippen molar-refractivity contribution in [2.24, 2.45) is 12.8 Å². The smallest absolute Gasteiger partial charge is 0.332 e. The van der Waals surface area contributed by atoms with E-state index in [1.807, 2.05) is 0 Å². The Balaban J connectivity index is 2.25. The molecule has 1 amide bonds. The van der Waals surface area contributed by atoms with Crippen LogP contribution in [-0.2, 0) is 24.9 Å². The Kier molecular flexibility index (Phi) is 4.96. The number of rotatable bonds is 4. The Hall–Kier alpha value is -2.10. The van der Waals surface area contributed by atoms with E-state index in [1.54, 1.807) is 18.2 Å². The van der Waals surface area contributed by atoms with Crippen molar-refractivity contribution < 1.29 is 4.79 Å². The van der Waals surface area contributed by atoms with Gasteiger partial charge in [-0.1, -0.05) is 29.3 Å². The second kappa shape index (κ2) is 6.90. The van der Waals surface area contributed by atoms with Crippen molar-refractivity contribution in [3.05, 3.63) is 59.4 Å². The van der Waals surface area contributed by atoms with Crippen molar-refractivity contribution in [2.45, 2.75) is 13.1 Å². The lowest BCUT2D eigenvalue weighted by molar-refractivity contribution is -0.118. The molecule has 0 saturated heterocycles. The lowest BCUT2D eigenvalue weighted by Crippen LogP contribution is -2.40. The monoisotopic (exact) mass is 459 g/mol. The largest absolute Gasteiger partial charge is 0.368 e. The van der Waals surface area contributed by atoms with E-state index in [9.17, 15) is 14.4 Å². The van der Waals surface area contributed by atoms with Crippen LogP contribution in [0.2, 0.25) is 10.0 Å². The molecule has 3 rings (SSSR count). The quantitative estimate of drug-likeness (QED) is 0.595.